The summed E-state index contributed by atoms with van der Waals surface area (Å²) in [5, 5.41) is 0. The summed E-state index contributed by atoms with van der Waals surface area (Å²) in [4.78, 5) is 16.6. The Bertz CT molecular complexity index is 1400. The number of nitrogens with zero attached hydrogens (tertiary/aromatic N) is 5. The molecular formula is C28H35N7O2S. The zero-order valence-corrected chi connectivity index (χ0v) is 22.8. The number of hydrogen-bond acceptors (Lipinski definition) is 8. The highest BCUT2D eigenvalue weighted by Gasteiger charge is 2.31. The molecule has 4 heterocycles. The molecule has 38 heavy (non-hydrogen) atoms. The van der Waals surface area contributed by atoms with Crippen LogP contribution in [0, 0.1) is 5.41 Å². The third-order valence-electron chi connectivity index (χ3n) is 7.87. The number of nitrogens with two attached hydrogens (primary N) is 2. The van der Waals surface area contributed by atoms with Gasteiger partial charge in [0.15, 0.2) is 0 Å². The lowest BCUT2D eigenvalue weighted by Gasteiger charge is -2.33. The van der Waals surface area contributed by atoms with Crippen molar-refractivity contribution in [1.82, 2.24) is 19.3 Å². The van der Waals surface area contributed by atoms with Gasteiger partial charge < -0.3 is 21.1 Å². The summed E-state index contributed by atoms with van der Waals surface area (Å²) in [7, 11) is -1.40. The summed E-state index contributed by atoms with van der Waals surface area (Å²) in [6.45, 7) is 7.93. The minimum Gasteiger partial charge on any atom is -0.491 e. The molecule has 2 aromatic heterocycles. The van der Waals surface area contributed by atoms with E-state index in [-0.39, 0.29) is 17.3 Å². The normalized spacial score (nSPS) is 21.8. The van der Waals surface area contributed by atoms with E-state index in [1.54, 1.807) is 12.5 Å². The number of anilines is 2. The number of fused-ring (bicyclic) bond motifs is 2. The third-order valence-corrected chi connectivity index (χ3v) is 9.37. The molecule has 9 nitrogen and oxygen atoms in total. The van der Waals surface area contributed by atoms with Gasteiger partial charge in [-0.2, -0.15) is 0 Å². The molecule has 0 amide bonds. The van der Waals surface area contributed by atoms with E-state index >= 15 is 0 Å². The second-order valence-corrected chi connectivity index (χ2v) is 12.8. The molecule has 0 bridgehead atoms. The molecule has 6 rings (SSSR count). The van der Waals surface area contributed by atoms with Gasteiger partial charge in [0.05, 0.1) is 11.4 Å². The fraction of sp³-hybridized carbons (Fsp3) is 0.464. The topological polar surface area (TPSA) is 123 Å². The van der Waals surface area contributed by atoms with Crippen molar-refractivity contribution in [3.8, 4) is 16.9 Å². The monoisotopic (exact) mass is 533 g/mol. The van der Waals surface area contributed by atoms with Gasteiger partial charge in [0.1, 0.15) is 41.3 Å². The predicted molar refractivity (Wildman–Crippen MR) is 149 cm³/mol. The van der Waals surface area contributed by atoms with Crippen molar-refractivity contribution >= 4 is 22.6 Å². The minimum absolute atomic E-state index is 0.0374. The summed E-state index contributed by atoms with van der Waals surface area (Å²) in [6.07, 6.45) is 7.36. The average Bonchev–Trinajstić information content (AvgIpc) is 3.22. The Hall–Kier alpha value is -3.08. The van der Waals surface area contributed by atoms with Gasteiger partial charge in [0.25, 0.3) is 0 Å². The highest BCUT2D eigenvalue weighted by molar-refractivity contribution is 7.82. The first kappa shape index (κ1) is 25.2. The molecule has 0 spiro atoms. The molecule has 3 aromatic rings. The SMILES string of the molecule is CC1(C)CCc2ncnc(N3CCOc4ccc(-c5cnc(N)c(S(=O)N6CCC(N)C6)c5)cc4C3)c2C1. The molecule has 1 saturated heterocycles. The summed E-state index contributed by atoms with van der Waals surface area (Å²) in [6, 6.07) is 8.10. The van der Waals surface area contributed by atoms with Crippen molar-refractivity contribution in [3.05, 3.63) is 53.6 Å². The molecule has 1 fully saturated rings. The minimum atomic E-state index is -1.40. The van der Waals surface area contributed by atoms with Crippen LogP contribution in [0.3, 0.4) is 0 Å². The van der Waals surface area contributed by atoms with E-state index in [1.165, 1.54) is 11.3 Å². The first-order chi connectivity index (χ1) is 18.3. The lowest BCUT2D eigenvalue weighted by atomic mass is 9.76. The quantitative estimate of drug-likeness (QED) is 0.524. The summed E-state index contributed by atoms with van der Waals surface area (Å²) >= 11 is 0. The molecule has 10 heteroatoms. The van der Waals surface area contributed by atoms with Gasteiger partial charge in [0.2, 0.25) is 0 Å². The Morgan fingerprint density at radius 3 is 2.82 bits per heavy atom. The number of hydrogen-bond donors (Lipinski definition) is 2. The lowest BCUT2D eigenvalue weighted by Crippen LogP contribution is -2.31. The van der Waals surface area contributed by atoms with Gasteiger partial charge in [0, 0.05) is 54.3 Å². The highest BCUT2D eigenvalue weighted by Crippen LogP contribution is 2.39. The zero-order valence-electron chi connectivity index (χ0n) is 22.0. The molecule has 2 aliphatic heterocycles. The molecule has 1 aliphatic carbocycles. The van der Waals surface area contributed by atoms with Gasteiger partial charge in [-0.15, -0.1) is 0 Å². The van der Waals surface area contributed by atoms with Crippen molar-refractivity contribution in [2.45, 2.75) is 57.0 Å². The standard InChI is InChI=1S/C28H35N7O2S/c1-28(2)7-5-23-22(13-28)27(33-17-32-23)34-9-10-37-24-4-3-18(11-20(24)15-34)19-12-25(26(30)31-14-19)38(36)35-8-6-21(29)16-35/h3-4,11-12,14,17,21H,5-10,13,15-16,29H2,1-2H3,(H2,30,31). The van der Waals surface area contributed by atoms with E-state index in [2.05, 4.69) is 34.8 Å². The number of rotatable bonds is 4. The zero-order chi connectivity index (χ0) is 26.4. The first-order valence-corrected chi connectivity index (χ1v) is 14.4. The van der Waals surface area contributed by atoms with Crippen LogP contribution < -0.4 is 21.1 Å². The van der Waals surface area contributed by atoms with Crippen molar-refractivity contribution in [2.75, 3.05) is 36.9 Å². The van der Waals surface area contributed by atoms with Crippen LogP contribution in [0.4, 0.5) is 11.6 Å². The predicted octanol–water partition coefficient (Wildman–Crippen LogP) is 3.09. The second kappa shape index (κ2) is 9.91. The summed E-state index contributed by atoms with van der Waals surface area (Å²) in [5.74, 6) is 2.17. The van der Waals surface area contributed by atoms with Crippen molar-refractivity contribution in [3.63, 3.8) is 0 Å². The van der Waals surface area contributed by atoms with E-state index in [0.29, 0.717) is 31.1 Å². The van der Waals surface area contributed by atoms with Crippen LogP contribution in [-0.4, -0.2) is 55.7 Å². The maximum atomic E-state index is 13.3. The number of nitrogen functional groups attached to an aromatic ring is 1. The van der Waals surface area contributed by atoms with E-state index in [9.17, 15) is 4.21 Å². The van der Waals surface area contributed by atoms with Gasteiger partial charge in [-0.25, -0.2) is 23.5 Å². The van der Waals surface area contributed by atoms with Crippen LogP contribution >= 0.6 is 0 Å². The number of pyridine rings is 1. The second-order valence-electron chi connectivity index (χ2n) is 11.3. The molecule has 2 atom stereocenters. The number of ether oxygens (including phenoxy) is 1. The number of aryl methyl sites for hydroxylation is 1. The fourth-order valence-corrected chi connectivity index (χ4v) is 7.02. The van der Waals surface area contributed by atoms with Crippen LogP contribution in [0.2, 0.25) is 0 Å². The average molecular weight is 534 g/mol. The highest BCUT2D eigenvalue weighted by atomic mass is 32.2. The van der Waals surface area contributed by atoms with Crippen molar-refractivity contribution < 1.29 is 8.95 Å². The van der Waals surface area contributed by atoms with E-state index in [4.69, 9.17) is 21.2 Å². The van der Waals surface area contributed by atoms with E-state index in [1.807, 2.05) is 22.5 Å². The lowest BCUT2D eigenvalue weighted by molar-refractivity contribution is 0.310. The Balaban J connectivity index is 1.31. The fourth-order valence-electron chi connectivity index (χ4n) is 5.68. The Morgan fingerprint density at radius 2 is 2.00 bits per heavy atom. The molecule has 3 aliphatic rings. The molecule has 2 unspecified atom stereocenters. The van der Waals surface area contributed by atoms with Crippen LogP contribution in [-0.2, 0) is 30.4 Å². The van der Waals surface area contributed by atoms with Gasteiger partial charge in [-0.1, -0.05) is 19.9 Å². The molecule has 1 aromatic carbocycles. The van der Waals surface area contributed by atoms with Crippen molar-refractivity contribution in [1.29, 1.82) is 0 Å². The van der Waals surface area contributed by atoms with Crippen molar-refractivity contribution in [2.24, 2.45) is 11.1 Å². The van der Waals surface area contributed by atoms with Gasteiger partial charge in [-0.3, -0.25) is 0 Å². The Kier molecular flexibility index (Phi) is 6.57. The Labute approximate surface area is 226 Å². The van der Waals surface area contributed by atoms with E-state index in [0.717, 1.165) is 60.5 Å². The number of benzene rings is 1. The van der Waals surface area contributed by atoms with Crippen LogP contribution in [0.5, 0.6) is 5.75 Å². The third kappa shape index (κ3) is 4.88. The molecule has 0 saturated carbocycles. The van der Waals surface area contributed by atoms with E-state index < -0.39 is 11.0 Å². The molecule has 0 radical (unpaired) electrons. The Morgan fingerprint density at radius 1 is 1.13 bits per heavy atom. The first-order valence-electron chi connectivity index (χ1n) is 13.3. The van der Waals surface area contributed by atoms with Crippen LogP contribution in [0.1, 0.15) is 43.5 Å². The molecular weight excluding hydrogens is 498 g/mol. The van der Waals surface area contributed by atoms with Crippen LogP contribution in [0.15, 0.2) is 41.7 Å². The van der Waals surface area contributed by atoms with Gasteiger partial charge >= 0.3 is 0 Å². The maximum Gasteiger partial charge on any atom is 0.141 e. The maximum absolute atomic E-state index is 13.3. The smallest absolute Gasteiger partial charge is 0.141 e. The number of aromatic nitrogens is 3. The molecule has 4 N–H and O–H groups in total. The molecule has 200 valence electrons. The summed E-state index contributed by atoms with van der Waals surface area (Å²) in [5.41, 5.74) is 17.8. The van der Waals surface area contributed by atoms with Crippen LogP contribution in [0.25, 0.3) is 11.1 Å². The largest absolute Gasteiger partial charge is 0.491 e. The van der Waals surface area contributed by atoms with Gasteiger partial charge in [-0.05, 0) is 54.9 Å². The summed E-state index contributed by atoms with van der Waals surface area (Å²) < 4.78 is 21.3.